The molecule has 0 aliphatic carbocycles. The van der Waals surface area contributed by atoms with Gasteiger partial charge in [0.15, 0.2) is 0 Å². The first kappa shape index (κ1) is 31.2. The van der Waals surface area contributed by atoms with Crippen LogP contribution in [0.25, 0.3) is 0 Å². The maximum atomic E-state index is 12.4. The summed E-state index contributed by atoms with van der Waals surface area (Å²) in [6, 6.07) is 0. The van der Waals surface area contributed by atoms with Gasteiger partial charge in [-0.3, -0.25) is 4.99 Å². The SMILES string of the molecule is C=C.CC.CCCCN(CCCCC(/C=C\C(=C\N)CC)=NC)CCC(F)F. The summed E-state index contributed by atoms with van der Waals surface area (Å²) in [5.41, 5.74) is 7.69. The lowest BCUT2D eigenvalue weighted by Crippen LogP contribution is -2.28. The molecule has 0 unspecified atom stereocenters. The summed E-state index contributed by atoms with van der Waals surface area (Å²) in [5, 5.41) is 0. The van der Waals surface area contributed by atoms with Gasteiger partial charge in [0.1, 0.15) is 0 Å². The summed E-state index contributed by atoms with van der Waals surface area (Å²) in [6.07, 6.45) is 9.42. The number of hydrogen-bond acceptors (Lipinski definition) is 3. The molecule has 2 N–H and O–H groups in total. The van der Waals surface area contributed by atoms with E-state index in [-0.39, 0.29) is 6.42 Å². The van der Waals surface area contributed by atoms with Crippen molar-refractivity contribution in [3.8, 4) is 0 Å². The van der Waals surface area contributed by atoms with Crippen molar-refractivity contribution >= 4 is 5.71 Å². The molecular formula is C23H45F2N3. The number of aliphatic imine (C=N–C) groups is 1. The van der Waals surface area contributed by atoms with Crippen LogP contribution in [0.15, 0.2) is 42.1 Å². The van der Waals surface area contributed by atoms with Crippen LogP contribution in [0.4, 0.5) is 8.78 Å². The van der Waals surface area contributed by atoms with E-state index in [0.717, 1.165) is 62.9 Å². The fraction of sp³-hybridized carbons (Fsp3) is 0.696. The molecule has 0 aromatic rings. The molecule has 0 saturated carbocycles. The predicted octanol–water partition coefficient (Wildman–Crippen LogP) is 6.62. The lowest BCUT2D eigenvalue weighted by atomic mass is 10.1. The summed E-state index contributed by atoms with van der Waals surface area (Å²) in [7, 11) is 1.80. The van der Waals surface area contributed by atoms with Crippen LogP contribution in [-0.4, -0.2) is 43.7 Å². The number of allylic oxidation sites excluding steroid dienone is 3. The van der Waals surface area contributed by atoms with Gasteiger partial charge in [0, 0.05) is 25.7 Å². The molecule has 0 fully saturated rings. The van der Waals surface area contributed by atoms with Crippen molar-refractivity contribution in [2.75, 3.05) is 26.7 Å². The standard InChI is InChI=1S/C19H35F2N3.C2H6.C2H4/c1-4-6-13-24(15-12-19(20)21)14-8-7-9-18(23-3)11-10-17(5-2)16-22;2*1-2/h10-11,16,19H,4-9,12-15,22H2,1-3H3;1-2H3;1-2H2/b11-10-,17-16+,23-18?;;. The molecular weight excluding hydrogens is 356 g/mol. The van der Waals surface area contributed by atoms with Crippen molar-refractivity contribution in [3.63, 3.8) is 0 Å². The fourth-order valence-electron chi connectivity index (χ4n) is 2.40. The van der Waals surface area contributed by atoms with Crippen molar-refractivity contribution in [1.82, 2.24) is 4.90 Å². The minimum atomic E-state index is -2.21. The highest BCUT2D eigenvalue weighted by Gasteiger charge is 2.09. The van der Waals surface area contributed by atoms with E-state index in [2.05, 4.69) is 36.9 Å². The second-order valence-corrected chi connectivity index (χ2v) is 5.98. The van der Waals surface area contributed by atoms with Gasteiger partial charge in [-0.25, -0.2) is 8.78 Å². The Balaban J connectivity index is -0.00000146. The zero-order valence-corrected chi connectivity index (χ0v) is 19.0. The van der Waals surface area contributed by atoms with Crippen LogP contribution in [-0.2, 0) is 0 Å². The Labute approximate surface area is 173 Å². The minimum Gasteiger partial charge on any atom is -0.404 e. The molecule has 0 atom stereocenters. The zero-order valence-electron chi connectivity index (χ0n) is 19.0. The van der Waals surface area contributed by atoms with Gasteiger partial charge in [-0.05, 0) is 63.0 Å². The number of nitrogens with two attached hydrogens (primary N) is 1. The number of unbranched alkanes of at least 4 members (excludes halogenated alkanes) is 2. The highest BCUT2D eigenvalue weighted by Crippen LogP contribution is 2.08. The van der Waals surface area contributed by atoms with Crippen molar-refractivity contribution < 1.29 is 8.78 Å². The molecule has 0 bridgehead atoms. The van der Waals surface area contributed by atoms with E-state index in [1.54, 1.807) is 13.2 Å². The Kier molecular flexibility index (Phi) is 28.4. The van der Waals surface area contributed by atoms with E-state index in [0.29, 0.717) is 6.54 Å². The van der Waals surface area contributed by atoms with E-state index >= 15 is 0 Å². The Bertz CT molecular complexity index is 405. The van der Waals surface area contributed by atoms with Crippen LogP contribution in [0, 0.1) is 0 Å². The maximum absolute atomic E-state index is 12.4. The number of hydrogen-bond donors (Lipinski definition) is 1. The zero-order chi connectivity index (χ0) is 22.2. The van der Waals surface area contributed by atoms with Crippen molar-refractivity contribution in [2.45, 2.75) is 79.1 Å². The van der Waals surface area contributed by atoms with Gasteiger partial charge in [0.25, 0.3) is 0 Å². The van der Waals surface area contributed by atoms with Crippen LogP contribution >= 0.6 is 0 Å². The minimum absolute atomic E-state index is 0.0284. The van der Waals surface area contributed by atoms with Crippen molar-refractivity contribution in [2.24, 2.45) is 10.7 Å². The smallest absolute Gasteiger partial charge is 0.239 e. The predicted molar refractivity (Wildman–Crippen MR) is 123 cm³/mol. The highest BCUT2D eigenvalue weighted by atomic mass is 19.3. The molecule has 3 nitrogen and oxygen atoms in total. The van der Waals surface area contributed by atoms with E-state index in [1.807, 2.05) is 26.0 Å². The topological polar surface area (TPSA) is 41.6 Å². The maximum Gasteiger partial charge on any atom is 0.239 e. The monoisotopic (exact) mass is 401 g/mol. The molecule has 166 valence electrons. The Hall–Kier alpha value is -1.49. The second kappa shape index (κ2) is 25.5. The van der Waals surface area contributed by atoms with Crippen LogP contribution in [0.5, 0.6) is 0 Å². The summed E-state index contributed by atoms with van der Waals surface area (Å²) >= 11 is 0. The summed E-state index contributed by atoms with van der Waals surface area (Å²) in [6.45, 7) is 16.5. The lowest BCUT2D eigenvalue weighted by molar-refractivity contribution is 0.115. The first-order chi connectivity index (χ1) is 13.6. The van der Waals surface area contributed by atoms with Crippen LogP contribution in [0.3, 0.4) is 0 Å². The van der Waals surface area contributed by atoms with Gasteiger partial charge in [-0.2, -0.15) is 0 Å². The van der Waals surface area contributed by atoms with Crippen LogP contribution < -0.4 is 5.73 Å². The van der Waals surface area contributed by atoms with Gasteiger partial charge in [-0.1, -0.05) is 40.2 Å². The first-order valence-corrected chi connectivity index (χ1v) is 10.6. The van der Waals surface area contributed by atoms with Gasteiger partial charge in [-0.15, -0.1) is 13.2 Å². The highest BCUT2D eigenvalue weighted by molar-refractivity contribution is 5.95. The average molecular weight is 402 g/mol. The molecule has 0 spiro atoms. The largest absolute Gasteiger partial charge is 0.404 e. The second-order valence-electron chi connectivity index (χ2n) is 5.98. The molecule has 0 rings (SSSR count). The van der Waals surface area contributed by atoms with Crippen molar-refractivity contribution in [3.05, 3.63) is 37.1 Å². The Morgan fingerprint density at radius 2 is 1.64 bits per heavy atom. The summed E-state index contributed by atoms with van der Waals surface area (Å²) in [4.78, 5) is 6.47. The third-order valence-electron chi connectivity index (χ3n) is 4.05. The average Bonchev–Trinajstić information content (AvgIpc) is 2.74. The molecule has 0 aliphatic rings. The third kappa shape index (κ3) is 20.8. The van der Waals surface area contributed by atoms with Gasteiger partial charge in [0.2, 0.25) is 6.43 Å². The first-order valence-electron chi connectivity index (χ1n) is 10.6. The third-order valence-corrected chi connectivity index (χ3v) is 4.05. The normalized spacial score (nSPS) is 12.0. The number of rotatable bonds is 14. The fourth-order valence-corrected chi connectivity index (χ4v) is 2.40. The van der Waals surface area contributed by atoms with Crippen molar-refractivity contribution in [1.29, 1.82) is 0 Å². The molecule has 0 saturated heterocycles. The van der Waals surface area contributed by atoms with E-state index in [4.69, 9.17) is 5.73 Å². The number of alkyl halides is 2. The Morgan fingerprint density at radius 1 is 1.04 bits per heavy atom. The van der Waals surface area contributed by atoms with Gasteiger partial charge in [0.05, 0.1) is 0 Å². The lowest BCUT2D eigenvalue weighted by Gasteiger charge is -2.21. The quantitative estimate of drug-likeness (QED) is 0.154. The number of halogens is 2. The van der Waals surface area contributed by atoms with Crippen LogP contribution in [0.1, 0.15) is 72.6 Å². The van der Waals surface area contributed by atoms with E-state index in [1.165, 1.54) is 0 Å². The summed E-state index contributed by atoms with van der Waals surface area (Å²) < 4.78 is 24.8. The molecule has 0 aromatic carbocycles. The van der Waals surface area contributed by atoms with Gasteiger partial charge >= 0.3 is 0 Å². The summed E-state index contributed by atoms with van der Waals surface area (Å²) in [5.74, 6) is 0. The van der Waals surface area contributed by atoms with E-state index in [9.17, 15) is 8.78 Å². The molecule has 0 radical (unpaired) electrons. The molecule has 5 heteroatoms. The molecule has 0 heterocycles. The number of nitrogens with zero attached hydrogens (tertiary/aromatic N) is 2. The Morgan fingerprint density at radius 3 is 2.11 bits per heavy atom. The van der Waals surface area contributed by atoms with E-state index < -0.39 is 6.43 Å². The molecule has 28 heavy (non-hydrogen) atoms. The molecule has 0 amide bonds. The molecule has 0 aromatic heterocycles. The van der Waals surface area contributed by atoms with Crippen LogP contribution in [0.2, 0.25) is 0 Å². The van der Waals surface area contributed by atoms with Gasteiger partial charge < -0.3 is 10.6 Å². The molecule has 0 aliphatic heterocycles.